The highest BCUT2D eigenvalue weighted by Crippen LogP contribution is 2.13. The molecule has 5 nitrogen and oxygen atoms in total. The van der Waals surface area contributed by atoms with Crippen molar-refractivity contribution in [2.45, 2.75) is 6.92 Å². The Morgan fingerprint density at radius 2 is 1.87 bits per heavy atom. The van der Waals surface area contributed by atoms with Crippen LogP contribution in [-0.2, 0) is 0 Å². The number of rotatable bonds is 5. The summed E-state index contributed by atoms with van der Waals surface area (Å²) in [5.74, 6) is 0.811. The van der Waals surface area contributed by atoms with E-state index in [1.54, 1.807) is 13.2 Å². The number of aryl methyl sites for hydroxylation is 1. The molecular formula is C18H19N3O2. The molecule has 2 aromatic rings. The van der Waals surface area contributed by atoms with Crippen molar-refractivity contribution in [3.05, 3.63) is 65.7 Å². The fraction of sp³-hybridized carbons (Fsp3) is 0.111. The minimum atomic E-state index is -0.381. The first kappa shape index (κ1) is 16.3. The van der Waals surface area contributed by atoms with Crippen molar-refractivity contribution < 1.29 is 9.53 Å². The van der Waals surface area contributed by atoms with E-state index in [2.05, 4.69) is 15.8 Å². The molecule has 0 aliphatic carbocycles. The molecule has 0 aliphatic rings. The highest BCUT2D eigenvalue weighted by molar-refractivity contribution is 5.90. The van der Waals surface area contributed by atoms with E-state index in [4.69, 9.17) is 4.74 Å². The number of para-hydroxylation sites is 1. The lowest BCUT2D eigenvalue weighted by Crippen LogP contribution is -2.24. The average Bonchev–Trinajstić information content (AvgIpc) is 2.57. The predicted octanol–water partition coefficient (Wildman–Crippen LogP) is 3.82. The highest BCUT2D eigenvalue weighted by atomic mass is 16.5. The molecular weight excluding hydrogens is 290 g/mol. The number of nitrogens with one attached hydrogen (secondary N) is 2. The van der Waals surface area contributed by atoms with Crippen molar-refractivity contribution in [2.75, 3.05) is 12.4 Å². The Kier molecular flexibility index (Phi) is 5.94. The maximum atomic E-state index is 11.7. The zero-order valence-electron chi connectivity index (χ0n) is 13.1. The van der Waals surface area contributed by atoms with Crippen molar-refractivity contribution in [3.8, 4) is 5.75 Å². The third kappa shape index (κ3) is 5.32. The molecule has 2 N–H and O–H groups in total. The van der Waals surface area contributed by atoms with Crippen molar-refractivity contribution in [1.29, 1.82) is 0 Å². The van der Waals surface area contributed by atoms with Gasteiger partial charge in [-0.25, -0.2) is 10.2 Å². The van der Waals surface area contributed by atoms with Crippen molar-refractivity contribution in [3.63, 3.8) is 0 Å². The highest BCUT2D eigenvalue weighted by Gasteiger charge is 2.01. The number of benzene rings is 2. The van der Waals surface area contributed by atoms with E-state index in [0.29, 0.717) is 0 Å². The second-order valence-corrected chi connectivity index (χ2v) is 4.79. The zero-order valence-corrected chi connectivity index (χ0v) is 13.1. The molecule has 0 spiro atoms. The van der Waals surface area contributed by atoms with E-state index < -0.39 is 0 Å². The van der Waals surface area contributed by atoms with Crippen LogP contribution < -0.4 is 15.5 Å². The predicted molar refractivity (Wildman–Crippen MR) is 93.9 cm³/mol. The number of hydrazone groups is 1. The SMILES string of the molecule is COc1ccc(C=CC=NNC(=O)Nc2ccccc2C)cc1. The third-order valence-electron chi connectivity index (χ3n) is 3.12. The quantitative estimate of drug-likeness (QED) is 0.651. The molecule has 0 bridgehead atoms. The van der Waals surface area contributed by atoms with Gasteiger partial charge in [-0.05, 0) is 42.3 Å². The number of methoxy groups -OCH3 is 1. The van der Waals surface area contributed by atoms with Crippen LogP contribution in [0.25, 0.3) is 6.08 Å². The van der Waals surface area contributed by atoms with Crippen LogP contribution in [0.3, 0.4) is 0 Å². The molecule has 0 aliphatic heterocycles. The normalized spacial score (nSPS) is 10.9. The molecule has 0 saturated carbocycles. The van der Waals surface area contributed by atoms with Crippen LogP contribution in [-0.4, -0.2) is 19.4 Å². The molecule has 0 heterocycles. The number of hydrogen-bond donors (Lipinski definition) is 2. The topological polar surface area (TPSA) is 62.7 Å². The van der Waals surface area contributed by atoms with Gasteiger partial charge in [-0.2, -0.15) is 5.10 Å². The zero-order chi connectivity index (χ0) is 16.5. The van der Waals surface area contributed by atoms with Gasteiger partial charge in [0.15, 0.2) is 0 Å². The number of amides is 2. The maximum absolute atomic E-state index is 11.7. The number of allylic oxidation sites excluding steroid dienone is 1. The maximum Gasteiger partial charge on any atom is 0.339 e. The van der Waals surface area contributed by atoms with Crippen LogP contribution >= 0.6 is 0 Å². The van der Waals surface area contributed by atoms with Gasteiger partial charge in [0.25, 0.3) is 0 Å². The third-order valence-corrected chi connectivity index (χ3v) is 3.12. The first-order valence-electron chi connectivity index (χ1n) is 7.15. The van der Waals surface area contributed by atoms with E-state index >= 15 is 0 Å². The Morgan fingerprint density at radius 1 is 1.13 bits per heavy atom. The Bertz CT molecular complexity index is 706. The summed E-state index contributed by atoms with van der Waals surface area (Å²) >= 11 is 0. The van der Waals surface area contributed by atoms with E-state index in [-0.39, 0.29) is 6.03 Å². The lowest BCUT2D eigenvalue weighted by molar-refractivity contribution is 0.252. The van der Waals surface area contributed by atoms with Crippen LogP contribution in [0, 0.1) is 6.92 Å². The van der Waals surface area contributed by atoms with Gasteiger partial charge in [0.2, 0.25) is 0 Å². The molecule has 0 aromatic heterocycles. The summed E-state index contributed by atoms with van der Waals surface area (Å²) in [5.41, 5.74) is 5.18. The molecule has 118 valence electrons. The molecule has 0 unspecified atom stereocenters. The fourth-order valence-electron chi connectivity index (χ4n) is 1.87. The van der Waals surface area contributed by atoms with E-state index in [1.165, 1.54) is 6.21 Å². The van der Waals surface area contributed by atoms with E-state index in [0.717, 1.165) is 22.6 Å². The van der Waals surface area contributed by atoms with Gasteiger partial charge in [0.05, 0.1) is 7.11 Å². The Labute approximate surface area is 135 Å². The second-order valence-electron chi connectivity index (χ2n) is 4.79. The van der Waals surface area contributed by atoms with Crippen molar-refractivity contribution >= 4 is 24.0 Å². The van der Waals surface area contributed by atoms with Gasteiger partial charge in [0.1, 0.15) is 5.75 Å². The molecule has 0 saturated heterocycles. The fourth-order valence-corrected chi connectivity index (χ4v) is 1.87. The molecule has 2 rings (SSSR count). The molecule has 0 radical (unpaired) electrons. The van der Waals surface area contributed by atoms with Gasteiger partial charge in [0, 0.05) is 11.9 Å². The molecule has 2 aromatic carbocycles. The van der Waals surface area contributed by atoms with E-state index in [1.807, 2.05) is 61.5 Å². The molecule has 2 amide bonds. The summed E-state index contributed by atoms with van der Waals surface area (Å²) in [4.78, 5) is 11.7. The van der Waals surface area contributed by atoms with E-state index in [9.17, 15) is 4.79 Å². The summed E-state index contributed by atoms with van der Waals surface area (Å²) in [6.07, 6.45) is 5.14. The average molecular weight is 309 g/mol. The Hall–Kier alpha value is -3.08. The van der Waals surface area contributed by atoms with Gasteiger partial charge in [-0.3, -0.25) is 0 Å². The smallest absolute Gasteiger partial charge is 0.339 e. The lowest BCUT2D eigenvalue weighted by atomic mass is 10.2. The van der Waals surface area contributed by atoms with Crippen LogP contribution in [0.4, 0.5) is 10.5 Å². The minimum Gasteiger partial charge on any atom is -0.497 e. The lowest BCUT2D eigenvalue weighted by Gasteiger charge is -2.06. The molecule has 5 heteroatoms. The summed E-state index contributed by atoms with van der Waals surface area (Å²) in [5, 5.41) is 6.58. The number of carbonyl (C=O) groups is 1. The van der Waals surface area contributed by atoms with Crippen LogP contribution in [0.15, 0.2) is 59.7 Å². The molecule has 23 heavy (non-hydrogen) atoms. The van der Waals surface area contributed by atoms with Crippen LogP contribution in [0.1, 0.15) is 11.1 Å². The summed E-state index contributed by atoms with van der Waals surface area (Å²) in [7, 11) is 1.63. The Balaban J connectivity index is 1.80. The first-order chi connectivity index (χ1) is 11.2. The number of ether oxygens (including phenoxy) is 1. The van der Waals surface area contributed by atoms with Crippen LogP contribution in [0.2, 0.25) is 0 Å². The van der Waals surface area contributed by atoms with Crippen molar-refractivity contribution in [1.82, 2.24) is 5.43 Å². The second kappa shape index (κ2) is 8.38. The van der Waals surface area contributed by atoms with Gasteiger partial charge < -0.3 is 10.1 Å². The number of urea groups is 1. The van der Waals surface area contributed by atoms with Gasteiger partial charge >= 0.3 is 6.03 Å². The number of hydrogen-bond acceptors (Lipinski definition) is 3. The largest absolute Gasteiger partial charge is 0.497 e. The Morgan fingerprint density at radius 3 is 2.57 bits per heavy atom. The molecule has 0 fully saturated rings. The monoisotopic (exact) mass is 309 g/mol. The standard InChI is InChI=1S/C18H19N3O2/c1-14-6-3-4-8-17(14)20-18(22)21-19-13-5-7-15-9-11-16(23-2)12-10-15/h3-13H,1-2H3,(H2,20,21,22). The minimum absolute atomic E-state index is 0.381. The van der Waals surface area contributed by atoms with Crippen molar-refractivity contribution in [2.24, 2.45) is 5.10 Å². The summed E-state index contributed by atoms with van der Waals surface area (Å²) in [6.45, 7) is 1.93. The number of anilines is 1. The van der Waals surface area contributed by atoms with Gasteiger partial charge in [-0.1, -0.05) is 36.4 Å². The number of nitrogens with zero attached hydrogens (tertiary/aromatic N) is 1. The van der Waals surface area contributed by atoms with Gasteiger partial charge in [-0.15, -0.1) is 0 Å². The van der Waals surface area contributed by atoms with Crippen LogP contribution in [0.5, 0.6) is 5.75 Å². The summed E-state index contributed by atoms with van der Waals surface area (Å²) in [6, 6.07) is 14.8. The number of carbonyl (C=O) groups excluding carboxylic acids is 1. The first-order valence-corrected chi connectivity index (χ1v) is 7.15. The summed E-state index contributed by atoms with van der Waals surface area (Å²) < 4.78 is 5.09. The molecule has 0 atom stereocenters.